The minimum absolute atomic E-state index is 0.172. The third kappa shape index (κ3) is 3.61. The standard InChI is InChI=1S/C26H32N2O2/c1-3-22-24(30-16-18-7-5-4-6-8-18)23(9-17(2)27-22)28-25(29)26-13-19-10-20(14-26)12-21(11-19)15-26/h4-9,19-21H,3,10-16H2,1-2H3,(H,27,28,29). The Morgan fingerprint density at radius 1 is 1.10 bits per heavy atom. The Hall–Kier alpha value is -2.36. The summed E-state index contributed by atoms with van der Waals surface area (Å²) in [5.41, 5.74) is 3.55. The fraction of sp³-hybridized carbons (Fsp3) is 0.538. The maximum atomic E-state index is 13.6. The molecule has 158 valence electrons. The van der Waals surface area contributed by atoms with Gasteiger partial charge in [0.05, 0.1) is 16.8 Å². The molecule has 4 heteroatoms. The van der Waals surface area contributed by atoms with Crippen molar-refractivity contribution in [3.05, 3.63) is 53.3 Å². The van der Waals surface area contributed by atoms with Crippen molar-refractivity contribution in [3.8, 4) is 5.75 Å². The van der Waals surface area contributed by atoms with E-state index in [-0.39, 0.29) is 11.3 Å². The van der Waals surface area contributed by atoms with E-state index in [1.54, 1.807) is 0 Å². The highest BCUT2D eigenvalue weighted by Crippen LogP contribution is 2.60. The molecule has 1 aromatic heterocycles. The second-order valence-corrected chi connectivity index (χ2v) is 9.87. The molecule has 0 radical (unpaired) electrons. The van der Waals surface area contributed by atoms with Crippen LogP contribution in [0.2, 0.25) is 0 Å². The van der Waals surface area contributed by atoms with Crippen LogP contribution in [0.25, 0.3) is 0 Å². The molecule has 2 aromatic rings. The van der Waals surface area contributed by atoms with Gasteiger partial charge in [0.15, 0.2) is 5.75 Å². The molecule has 4 nitrogen and oxygen atoms in total. The average Bonchev–Trinajstić information content (AvgIpc) is 2.72. The van der Waals surface area contributed by atoms with Gasteiger partial charge in [0, 0.05) is 5.69 Å². The molecule has 1 aromatic carbocycles. The first kappa shape index (κ1) is 19.6. The van der Waals surface area contributed by atoms with Gasteiger partial charge in [-0.15, -0.1) is 0 Å². The van der Waals surface area contributed by atoms with E-state index >= 15 is 0 Å². The maximum Gasteiger partial charge on any atom is 0.230 e. The summed E-state index contributed by atoms with van der Waals surface area (Å²) in [6.45, 7) is 4.54. The normalized spacial score (nSPS) is 29.1. The van der Waals surface area contributed by atoms with Gasteiger partial charge in [-0.1, -0.05) is 37.3 Å². The van der Waals surface area contributed by atoms with Gasteiger partial charge in [0.1, 0.15) is 6.61 Å². The molecule has 4 aliphatic rings. The molecule has 0 unspecified atom stereocenters. The number of amides is 1. The second-order valence-electron chi connectivity index (χ2n) is 9.87. The fourth-order valence-electron chi connectivity index (χ4n) is 6.59. The summed E-state index contributed by atoms with van der Waals surface area (Å²) in [6, 6.07) is 12.1. The highest BCUT2D eigenvalue weighted by molar-refractivity contribution is 5.97. The van der Waals surface area contributed by atoms with Crippen LogP contribution >= 0.6 is 0 Å². The fourth-order valence-corrected chi connectivity index (χ4v) is 6.59. The van der Waals surface area contributed by atoms with Gasteiger partial charge in [-0.05, 0) is 81.3 Å². The lowest BCUT2D eigenvalue weighted by atomic mass is 9.49. The largest absolute Gasteiger partial charge is 0.485 e. The molecule has 6 rings (SSSR count). The highest BCUT2D eigenvalue weighted by Gasteiger charge is 2.54. The monoisotopic (exact) mass is 404 g/mol. The molecule has 1 amide bonds. The molecule has 4 fully saturated rings. The van der Waals surface area contributed by atoms with Gasteiger partial charge >= 0.3 is 0 Å². The maximum absolute atomic E-state index is 13.6. The van der Waals surface area contributed by atoms with Gasteiger partial charge < -0.3 is 10.1 Å². The summed E-state index contributed by atoms with van der Waals surface area (Å²) in [6.07, 6.45) is 7.98. The predicted octanol–water partition coefficient (Wildman–Crippen LogP) is 5.69. The van der Waals surface area contributed by atoms with Gasteiger partial charge in [0.25, 0.3) is 0 Å². The number of nitrogens with one attached hydrogen (secondary N) is 1. The Labute approximate surface area is 179 Å². The van der Waals surface area contributed by atoms with E-state index in [0.29, 0.717) is 6.61 Å². The average molecular weight is 405 g/mol. The second kappa shape index (κ2) is 7.72. The van der Waals surface area contributed by atoms with Crippen LogP contribution in [0.3, 0.4) is 0 Å². The van der Waals surface area contributed by atoms with Crippen molar-refractivity contribution in [3.63, 3.8) is 0 Å². The zero-order chi connectivity index (χ0) is 20.7. The van der Waals surface area contributed by atoms with Crippen molar-refractivity contribution in [2.45, 2.75) is 65.4 Å². The molecule has 30 heavy (non-hydrogen) atoms. The van der Waals surface area contributed by atoms with Gasteiger partial charge in [-0.25, -0.2) is 0 Å². The van der Waals surface area contributed by atoms with E-state index in [4.69, 9.17) is 4.74 Å². The third-order valence-corrected chi connectivity index (χ3v) is 7.50. The van der Waals surface area contributed by atoms with Crippen molar-refractivity contribution in [1.29, 1.82) is 0 Å². The van der Waals surface area contributed by atoms with Crippen molar-refractivity contribution in [1.82, 2.24) is 4.98 Å². The summed E-state index contributed by atoms with van der Waals surface area (Å²) < 4.78 is 6.24. The SMILES string of the molecule is CCc1nc(C)cc(NC(=O)C23CC4CC(CC(C4)C2)C3)c1OCc1ccccc1. The quantitative estimate of drug-likeness (QED) is 0.673. The smallest absolute Gasteiger partial charge is 0.230 e. The van der Waals surface area contributed by atoms with Crippen LogP contribution in [-0.4, -0.2) is 10.9 Å². The van der Waals surface area contributed by atoms with Gasteiger partial charge in [0.2, 0.25) is 5.91 Å². The lowest BCUT2D eigenvalue weighted by Crippen LogP contribution is -2.51. The van der Waals surface area contributed by atoms with Crippen LogP contribution in [0.4, 0.5) is 5.69 Å². The lowest BCUT2D eigenvalue weighted by Gasteiger charge is -2.55. The Morgan fingerprint density at radius 2 is 1.73 bits per heavy atom. The topological polar surface area (TPSA) is 51.2 Å². The number of aromatic nitrogens is 1. The number of aryl methyl sites for hydroxylation is 2. The van der Waals surface area contributed by atoms with Crippen LogP contribution in [-0.2, 0) is 17.8 Å². The first-order valence-corrected chi connectivity index (χ1v) is 11.5. The van der Waals surface area contributed by atoms with Crippen LogP contribution in [0.15, 0.2) is 36.4 Å². The molecule has 1 heterocycles. The van der Waals surface area contributed by atoms with Gasteiger partial charge in [-0.3, -0.25) is 9.78 Å². The third-order valence-electron chi connectivity index (χ3n) is 7.50. The number of hydrogen-bond donors (Lipinski definition) is 1. The number of anilines is 1. The predicted molar refractivity (Wildman–Crippen MR) is 118 cm³/mol. The molecule has 0 aliphatic heterocycles. The molecule has 0 saturated heterocycles. The molecular formula is C26H32N2O2. The zero-order valence-electron chi connectivity index (χ0n) is 18.1. The molecule has 0 spiro atoms. The van der Waals surface area contributed by atoms with E-state index in [0.717, 1.165) is 71.8 Å². The first-order chi connectivity index (χ1) is 14.5. The van der Waals surface area contributed by atoms with Crippen molar-refractivity contribution in [2.75, 3.05) is 5.32 Å². The molecule has 0 atom stereocenters. The van der Waals surface area contributed by atoms with Crippen LogP contribution < -0.4 is 10.1 Å². The Morgan fingerprint density at radius 3 is 2.33 bits per heavy atom. The van der Waals surface area contributed by atoms with Crippen molar-refractivity contribution >= 4 is 11.6 Å². The van der Waals surface area contributed by atoms with E-state index in [9.17, 15) is 4.79 Å². The van der Waals surface area contributed by atoms with Crippen molar-refractivity contribution in [2.24, 2.45) is 23.2 Å². The van der Waals surface area contributed by atoms with E-state index in [2.05, 4.69) is 29.4 Å². The molecular weight excluding hydrogens is 372 g/mol. The van der Waals surface area contributed by atoms with E-state index in [1.165, 1.54) is 19.3 Å². The minimum atomic E-state index is -0.172. The number of hydrogen-bond acceptors (Lipinski definition) is 3. The Bertz CT molecular complexity index is 902. The molecule has 1 N–H and O–H groups in total. The number of carbonyl (C=O) groups excluding carboxylic acids is 1. The number of rotatable bonds is 6. The highest BCUT2D eigenvalue weighted by atomic mass is 16.5. The van der Waals surface area contributed by atoms with E-state index in [1.807, 2.05) is 31.2 Å². The summed E-state index contributed by atoms with van der Waals surface area (Å²) in [5.74, 6) is 3.19. The number of nitrogens with zero attached hydrogens (tertiary/aromatic N) is 1. The molecule has 4 aliphatic carbocycles. The Kier molecular flexibility index (Phi) is 5.04. The zero-order valence-corrected chi connectivity index (χ0v) is 18.1. The number of carbonyl (C=O) groups is 1. The van der Waals surface area contributed by atoms with Crippen LogP contribution in [0.5, 0.6) is 5.75 Å². The molecule has 4 saturated carbocycles. The first-order valence-electron chi connectivity index (χ1n) is 11.5. The van der Waals surface area contributed by atoms with Gasteiger partial charge in [-0.2, -0.15) is 0 Å². The van der Waals surface area contributed by atoms with Crippen LogP contribution in [0.1, 0.15) is 62.4 Å². The summed E-state index contributed by atoms with van der Waals surface area (Å²) in [4.78, 5) is 18.3. The Balaban J connectivity index is 1.40. The van der Waals surface area contributed by atoms with E-state index < -0.39 is 0 Å². The van der Waals surface area contributed by atoms with Crippen molar-refractivity contribution < 1.29 is 9.53 Å². The number of ether oxygens (including phenoxy) is 1. The molecule has 4 bridgehead atoms. The van der Waals surface area contributed by atoms with Crippen LogP contribution in [0, 0.1) is 30.1 Å². The summed E-state index contributed by atoms with van der Waals surface area (Å²) in [5, 5.41) is 3.32. The number of benzene rings is 1. The summed E-state index contributed by atoms with van der Waals surface area (Å²) >= 11 is 0. The lowest BCUT2D eigenvalue weighted by molar-refractivity contribution is -0.140. The number of pyridine rings is 1. The minimum Gasteiger partial charge on any atom is -0.485 e. The summed E-state index contributed by atoms with van der Waals surface area (Å²) in [7, 11) is 0.